The number of aryl methyl sites for hydroxylation is 1. The maximum atomic E-state index is 12.7. The van der Waals surface area contributed by atoms with Crippen LogP contribution in [0.15, 0.2) is 10.6 Å². The third-order valence-corrected chi connectivity index (χ3v) is 5.59. The Morgan fingerprint density at radius 1 is 1.45 bits per heavy atom. The van der Waals surface area contributed by atoms with Crippen molar-refractivity contribution in [1.82, 2.24) is 25.6 Å². The van der Waals surface area contributed by atoms with Crippen molar-refractivity contribution >= 4 is 11.8 Å². The van der Waals surface area contributed by atoms with E-state index >= 15 is 0 Å². The molecule has 2 aliphatic rings. The molecule has 2 fully saturated rings. The molecule has 10 heteroatoms. The summed E-state index contributed by atoms with van der Waals surface area (Å²) in [4.78, 5) is 26.7. The molecule has 4 rings (SSSR count). The Bertz CT molecular complexity index is 916. The number of nitrogens with one attached hydrogen (secondary N) is 2. The Morgan fingerprint density at radius 2 is 2.24 bits per heavy atom. The van der Waals surface area contributed by atoms with Gasteiger partial charge < -0.3 is 24.6 Å². The molecule has 1 aliphatic carbocycles. The predicted octanol–water partition coefficient (Wildman–Crippen LogP) is 1.12. The number of aromatic hydroxyl groups is 1. The zero-order valence-corrected chi connectivity index (χ0v) is 16.5. The molecule has 2 aromatic rings. The smallest absolute Gasteiger partial charge is 0.275 e. The zero-order chi connectivity index (χ0) is 20.6. The molecule has 1 saturated heterocycles. The van der Waals surface area contributed by atoms with E-state index in [0.717, 1.165) is 18.6 Å². The molecular formula is C19H25N5O5. The third-order valence-electron chi connectivity index (χ3n) is 5.59. The van der Waals surface area contributed by atoms with Crippen molar-refractivity contribution in [2.45, 2.75) is 44.6 Å². The molecule has 0 radical (unpaired) electrons. The van der Waals surface area contributed by atoms with Gasteiger partial charge in [0.1, 0.15) is 11.5 Å². The van der Waals surface area contributed by atoms with Crippen LogP contribution in [0.25, 0.3) is 0 Å². The van der Waals surface area contributed by atoms with E-state index in [4.69, 9.17) is 9.26 Å². The van der Waals surface area contributed by atoms with Gasteiger partial charge in [-0.3, -0.25) is 14.7 Å². The van der Waals surface area contributed by atoms with E-state index in [9.17, 15) is 14.7 Å². The summed E-state index contributed by atoms with van der Waals surface area (Å²) >= 11 is 0. The summed E-state index contributed by atoms with van der Waals surface area (Å²) in [6.07, 6.45) is 2.36. The van der Waals surface area contributed by atoms with Gasteiger partial charge in [0.15, 0.2) is 17.1 Å². The van der Waals surface area contributed by atoms with Crippen LogP contribution < -0.4 is 5.32 Å². The molecule has 3 heterocycles. The number of H-pyrrole nitrogens is 1. The van der Waals surface area contributed by atoms with E-state index in [1.807, 2.05) is 0 Å². The maximum absolute atomic E-state index is 12.7. The van der Waals surface area contributed by atoms with Crippen molar-refractivity contribution in [1.29, 1.82) is 0 Å². The van der Waals surface area contributed by atoms with Crippen molar-refractivity contribution in [3.8, 4) is 5.75 Å². The minimum Gasteiger partial charge on any atom is -0.504 e. The highest BCUT2D eigenvalue weighted by Crippen LogP contribution is 2.47. The largest absolute Gasteiger partial charge is 0.504 e. The first-order valence-corrected chi connectivity index (χ1v) is 9.77. The third kappa shape index (κ3) is 3.98. The lowest BCUT2D eigenvalue weighted by Crippen LogP contribution is -2.42. The van der Waals surface area contributed by atoms with Crippen molar-refractivity contribution in [2.24, 2.45) is 0 Å². The Morgan fingerprint density at radius 3 is 2.93 bits per heavy atom. The van der Waals surface area contributed by atoms with Gasteiger partial charge in [-0.1, -0.05) is 12.1 Å². The van der Waals surface area contributed by atoms with Crippen LogP contribution in [-0.4, -0.2) is 69.5 Å². The van der Waals surface area contributed by atoms with Crippen LogP contribution in [0, 0.1) is 6.92 Å². The van der Waals surface area contributed by atoms with E-state index in [-0.39, 0.29) is 47.0 Å². The topological polar surface area (TPSA) is 134 Å². The summed E-state index contributed by atoms with van der Waals surface area (Å²) in [5.41, 5.74) is 0.687. The number of carbonyl (C=O) groups is 2. The standard InChI is InChI=1S/C19H25N5O5/c1-11-16(25)15(22-21-11)18(27)24-6-3-7-28-12(10-24)9-20-17(26)13-8-14(29-23-13)19(2)4-5-19/h8,12,25H,3-7,9-10H2,1-2H3,(H,20,26)(H,21,22). The molecular weight excluding hydrogens is 378 g/mol. The second-order valence-electron chi connectivity index (χ2n) is 7.98. The lowest BCUT2D eigenvalue weighted by atomic mass is 10.1. The predicted molar refractivity (Wildman–Crippen MR) is 101 cm³/mol. The minimum atomic E-state index is -0.371. The van der Waals surface area contributed by atoms with E-state index in [0.29, 0.717) is 31.8 Å². The normalized spacial score (nSPS) is 20.9. The van der Waals surface area contributed by atoms with Gasteiger partial charge in [-0.05, 0) is 26.2 Å². The number of aromatic amines is 1. The van der Waals surface area contributed by atoms with Gasteiger partial charge in [0.05, 0.1) is 6.10 Å². The summed E-state index contributed by atoms with van der Waals surface area (Å²) < 4.78 is 11.1. The summed E-state index contributed by atoms with van der Waals surface area (Å²) in [5.74, 6) is -0.0865. The van der Waals surface area contributed by atoms with Gasteiger partial charge in [0.2, 0.25) is 0 Å². The van der Waals surface area contributed by atoms with Crippen molar-refractivity contribution < 1.29 is 24.0 Å². The molecule has 1 saturated carbocycles. The van der Waals surface area contributed by atoms with Crippen LogP contribution in [-0.2, 0) is 10.2 Å². The lowest BCUT2D eigenvalue weighted by Gasteiger charge is -2.23. The van der Waals surface area contributed by atoms with Crippen molar-refractivity contribution in [3.63, 3.8) is 0 Å². The Hall–Kier alpha value is -2.88. The highest BCUT2D eigenvalue weighted by Gasteiger charge is 2.43. The van der Waals surface area contributed by atoms with Crippen molar-refractivity contribution in [2.75, 3.05) is 26.2 Å². The van der Waals surface area contributed by atoms with Crippen molar-refractivity contribution in [3.05, 3.63) is 28.9 Å². The molecule has 2 aromatic heterocycles. The number of rotatable bonds is 5. The Labute approximate surface area is 167 Å². The van der Waals surface area contributed by atoms with Gasteiger partial charge in [0.25, 0.3) is 11.8 Å². The van der Waals surface area contributed by atoms with Crippen LogP contribution in [0.2, 0.25) is 0 Å². The van der Waals surface area contributed by atoms with Crippen LogP contribution in [0.1, 0.15) is 58.6 Å². The summed E-state index contributed by atoms with van der Waals surface area (Å²) in [6, 6.07) is 1.69. The van der Waals surface area contributed by atoms with Gasteiger partial charge in [0, 0.05) is 37.7 Å². The quantitative estimate of drug-likeness (QED) is 0.681. The second-order valence-corrected chi connectivity index (χ2v) is 7.98. The lowest BCUT2D eigenvalue weighted by molar-refractivity contribution is 0.0463. The van der Waals surface area contributed by atoms with Gasteiger partial charge in [-0.2, -0.15) is 5.10 Å². The molecule has 1 aliphatic heterocycles. The van der Waals surface area contributed by atoms with E-state index < -0.39 is 0 Å². The molecule has 1 unspecified atom stereocenters. The molecule has 1 atom stereocenters. The highest BCUT2D eigenvalue weighted by molar-refractivity contribution is 5.95. The van der Waals surface area contributed by atoms with E-state index in [1.54, 1.807) is 17.9 Å². The highest BCUT2D eigenvalue weighted by atomic mass is 16.5. The molecule has 156 valence electrons. The number of carbonyl (C=O) groups excluding carboxylic acids is 2. The van der Waals surface area contributed by atoms with Gasteiger partial charge >= 0.3 is 0 Å². The molecule has 0 spiro atoms. The Kier molecular flexibility index (Phi) is 5.03. The number of hydrogen-bond acceptors (Lipinski definition) is 7. The van der Waals surface area contributed by atoms with Gasteiger partial charge in [-0.15, -0.1) is 0 Å². The fourth-order valence-corrected chi connectivity index (χ4v) is 3.33. The van der Waals surface area contributed by atoms with Gasteiger partial charge in [-0.25, -0.2) is 0 Å². The van der Waals surface area contributed by atoms with Crippen LogP contribution in [0.4, 0.5) is 0 Å². The first kappa shape index (κ1) is 19.4. The van der Waals surface area contributed by atoms with E-state index in [2.05, 4.69) is 27.6 Å². The average Bonchev–Trinajstić information content (AvgIpc) is 3.20. The van der Waals surface area contributed by atoms with Crippen LogP contribution in [0.5, 0.6) is 5.75 Å². The summed E-state index contributed by atoms with van der Waals surface area (Å²) in [5, 5.41) is 23.1. The molecule has 3 N–H and O–H groups in total. The summed E-state index contributed by atoms with van der Waals surface area (Å²) in [7, 11) is 0. The first-order valence-electron chi connectivity index (χ1n) is 9.77. The number of nitrogens with zero attached hydrogens (tertiary/aromatic N) is 3. The number of aromatic nitrogens is 3. The number of amides is 2. The number of ether oxygens (including phenoxy) is 1. The summed E-state index contributed by atoms with van der Waals surface area (Å²) in [6.45, 7) is 5.19. The SMILES string of the molecule is Cc1n[nH]c(C(=O)N2CCCOC(CNC(=O)c3cc(C4(C)CC4)on3)C2)c1O. The fourth-order valence-electron chi connectivity index (χ4n) is 3.33. The maximum Gasteiger partial charge on any atom is 0.275 e. The number of hydrogen-bond donors (Lipinski definition) is 3. The second kappa shape index (κ2) is 7.51. The molecule has 0 aromatic carbocycles. The molecule has 10 nitrogen and oxygen atoms in total. The minimum absolute atomic E-state index is 0.00732. The molecule has 2 amide bonds. The fraction of sp³-hybridized carbons (Fsp3) is 0.579. The molecule has 0 bridgehead atoms. The van der Waals surface area contributed by atoms with E-state index in [1.165, 1.54) is 0 Å². The average molecular weight is 403 g/mol. The van der Waals surface area contributed by atoms with Crippen LogP contribution >= 0.6 is 0 Å². The zero-order valence-electron chi connectivity index (χ0n) is 16.5. The van der Waals surface area contributed by atoms with Crippen LogP contribution in [0.3, 0.4) is 0 Å². The molecule has 29 heavy (non-hydrogen) atoms. The monoisotopic (exact) mass is 403 g/mol. The first-order chi connectivity index (χ1) is 13.9. The Balaban J connectivity index is 1.35.